The van der Waals surface area contributed by atoms with E-state index in [0.29, 0.717) is 17.0 Å². The number of aromatic amines is 1. The Hall–Kier alpha value is -2.69. The molecule has 3 aromatic rings. The number of aromatic hydroxyl groups is 1. The second-order valence-electron chi connectivity index (χ2n) is 3.85. The van der Waals surface area contributed by atoms with E-state index in [1.165, 1.54) is 6.07 Å². The molecule has 0 aliphatic rings. The average Bonchev–Trinajstić information content (AvgIpc) is 2.92. The lowest BCUT2D eigenvalue weighted by Crippen LogP contribution is -2.12. The zero-order valence-electron chi connectivity index (χ0n) is 9.31. The minimum atomic E-state index is -0.331. The van der Waals surface area contributed by atoms with Gasteiger partial charge in [0.2, 0.25) is 0 Å². The van der Waals surface area contributed by atoms with E-state index in [4.69, 9.17) is 4.42 Å². The Balaban J connectivity index is 1.87. The molecule has 18 heavy (non-hydrogen) atoms. The summed E-state index contributed by atoms with van der Waals surface area (Å²) < 4.78 is 5.16. The van der Waals surface area contributed by atoms with Gasteiger partial charge in [-0.3, -0.25) is 4.79 Å². The van der Waals surface area contributed by atoms with Crippen molar-refractivity contribution < 1.29 is 14.3 Å². The van der Waals surface area contributed by atoms with E-state index in [9.17, 15) is 9.90 Å². The van der Waals surface area contributed by atoms with Gasteiger partial charge < -0.3 is 19.8 Å². The molecule has 0 atom stereocenters. The molecular weight excluding hydrogens is 232 g/mol. The summed E-state index contributed by atoms with van der Waals surface area (Å²) in [5.41, 5.74) is 2.14. The highest BCUT2D eigenvalue weighted by atomic mass is 16.3. The number of rotatable bonds is 2. The molecule has 5 nitrogen and oxygen atoms in total. The fourth-order valence-corrected chi connectivity index (χ4v) is 1.74. The normalized spacial score (nSPS) is 10.7. The molecule has 3 N–H and O–H groups in total. The average molecular weight is 242 g/mol. The van der Waals surface area contributed by atoms with Crippen molar-refractivity contribution in [2.24, 2.45) is 0 Å². The first kappa shape index (κ1) is 10.5. The third-order valence-electron chi connectivity index (χ3n) is 2.64. The van der Waals surface area contributed by atoms with Crippen LogP contribution in [0.1, 0.15) is 10.5 Å². The van der Waals surface area contributed by atoms with Gasteiger partial charge >= 0.3 is 0 Å². The zero-order valence-corrected chi connectivity index (χ0v) is 9.31. The largest absolute Gasteiger partial charge is 0.506 e. The second kappa shape index (κ2) is 3.96. The minimum absolute atomic E-state index is 0.0288. The van der Waals surface area contributed by atoms with E-state index in [1.54, 1.807) is 36.6 Å². The standard InChI is InChI=1S/C13H10N2O3/c16-11-4-2-1-3-8(11)15-13(17)10-7-12-9(14-10)5-6-18-12/h1-7,14,16H,(H,15,17). The first-order valence-corrected chi connectivity index (χ1v) is 5.39. The van der Waals surface area contributed by atoms with Crippen LogP contribution in [0.4, 0.5) is 5.69 Å². The van der Waals surface area contributed by atoms with E-state index in [-0.39, 0.29) is 11.7 Å². The Kier molecular flexibility index (Phi) is 2.30. The molecule has 2 heterocycles. The first-order chi connectivity index (χ1) is 8.74. The third kappa shape index (κ3) is 1.71. The lowest BCUT2D eigenvalue weighted by Gasteiger charge is -2.05. The second-order valence-corrected chi connectivity index (χ2v) is 3.85. The summed E-state index contributed by atoms with van der Waals surface area (Å²) in [5.74, 6) is -0.302. The lowest BCUT2D eigenvalue weighted by molar-refractivity contribution is 0.102. The molecule has 3 rings (SSSR count). The van der Waals surface area contributed by atoms with Gasteiger partial charge in [0, 0.05) is 12.1 Å². The van der Waals surface area contributed by atoms with Crippen molar-refractivity contribution in [2.75, 3.05) is 5.32 Å². The summed E-state index contributed by atoms with van der Waals surface area (Å²) >= 11 is 0. The number of anilines is 1. The number of benzene rings is 1. The Labute approximate surface area is 102 Å². The number of nitrogens with one attached hydrogen (secondary N) is 2. The maximum absolute atomic E-state index is 11.9. The van der Waals surface area contributed by atoms with E-state index in [1.807, 2.05) is 0 Å². The van der Waals surface area contributed by atoms with Gasteiger partial charge in [-0.05, 0) is 12.1 Å². The highest BCUT2D eigenvalue weighted by Crippen LogP contribution is 2.23. The predicted molar refractivity (Wildman–Crippen MR) is 66.6 cm³/mol. The van der Waals surface area contributed by atoms with Crippen LogP contribution in [0.5, 0.6) is 5.75 Å². The van der Waals surface area contributed by atoms with Crippen molar-refractivity contribution in [1.29, 1.82) is 0 Å². The van der Waals surface area contributed by atoms with Crippen LogP contribution in [0, 0.1) is 0 Å². The van der Waals surface area contributed by atoms with Crippen molar-refractivity contribution in [3.8, 4) is 5.75 Å². The van der Waals surface area contributed by atoms with Crippen molar-refractivity contribution in [3.63, 3.8) is 0 Å². The molecule has 1 aromatic carbocycles. The number of carbonyl (C=O) groups is 1. The Morgan fingerprint density at radius 1 is 1.28 bits per heavy atom. The number of phenols is 1. The quantitative estimate of drug-likeness (QED) is 0.604. The molecule has 0 aliphatic heterocycles. The summed E-state index contributed by atoms with van der Waals surface area (Å²) in [6.07, 6.45) is 1.55. The van der Waals surface area contributed by atoms with E-state index < -0.39 is 0 Å². The molecule has 0 bridgehead atoms. The van der Waals surface area contributed by atoms with Crippen molar-refractivity contribution in [3.05, 3.63) is 48.4 Å². The predicted octanol–water partition coefficient (Wildman–Crippen LogP) is 2.72. The molecule has 90 valence electrons. The third-order valence-corrected chi connectivity index (χ3v) is 2.64. The molecule has 0 unspecified atom stereocenters. The molecule has 5 heteroatoms. The maximum Gasteiger partial charge on any atom is 0.272 e. The zero-order chi connectivity index (χ0) is 12.5. The molecule has 0 saturated heterocycles. The summed E-state index contributed by atoms with van der Waals surface area (Å²) in [4.78, 5) is 14.9. The molecule has 0 fully saturated rings. The molecule has 1 amide bonds. The topological polar surface area (TPSA) is 78.3 Å². The van der Waals surface area contributed by atoms with Gasteiger partial charge in [0.25, 0.3) is 5.91 Å². The minimum Gasteiger partial charge on any atom is -0.506 e. The first-order valence-electron chi connectivity index (χ1n) is 5.39. The molecule has 0 radical (unpaired) electrons. The van der Waals surface area contributed by atoms with Gasteiger partial charge in [-0.15, -0.1) is 0 Å². The van der Waals surface area contributed by atoms with Crippen molar-refractivity contribution in [1.82, 2.24) is 4.98 Å². The summed E-state index contributed by atoms with van der Waals surface area (Å²) in [6, 6.07) is 9.91. The summed E-state index contributed by atoms with van der Waals surface area (Å²) in [7, 11) is 0. The van der Waals surface area contributed by atoms with Crippen LogP contribution >= 0.6 is 0 Å². The van der Waals surface area contributed by atoms with Crippen LogP contribution in [0.3, 0.4) is 0 Å². The number of para-hydroxylation sites is 2. The Morgan fingerprint density at radius 2 is 2.11 bits per heavy atom. The van der Waals surface area contributed by atoms with Crippen molar-refractivity contribution in [2.45, 2.75) is 0 Å². The van der Waals surface area contributed by atoms with Gasteiger partial charge in [0.1, 0.15) is 11.4 Å². The van der Waals surface area contributed by atoms with Crippen LogP contribution in [0.15, 0.2) is 47.1 Å². The molecule has 0 aliphatic carbocycles. The van der Waals surface area contributed by atoms with Gasteiger partial charge in [0.15, 0.2) is 5.58 Å². The molecule has 2 aromatic heterocycles. The van der Waals surface area contributed by atoms with Crippen LogP contribution in [-0.4, -0.2) is 16.0 Å². The fourth-order valence-electron chi connectivity index (χ4n) is 1.74. The molecular formula is C13H10N2O3. The van der Waals surface area contributed by atoms with Crippen LogP contribution in [0.2, 0.25) is 0 Å². The number of H-pyrrole nitrogens is 1. The summed E-state index contributed by atoms with van der Waals surface area (Å²) in [5, 5.41) is 12.2. The van der Waals surface area contributed by atoms with Crippen LogP contribution in [0.25, 0.3) is 11.1 Å². The van der Waals surface area contributed by atoms with Gasteiger partial charge in [-0.1, -0.05) is 12.1 Å². The number of amides is 1. The number of hydrogen-bond donors (Lipinski definition) is 3. The number of fused-ring (bicyclic) bond motifs is 1. The molecule has 0 saturated carbocycles. The van der Waals surface area contributed by atoms with Crippen LogP contribution < -0.4 is 5.32 Å². The summed E-state index contributed by atoms with van der Waals surface area (Å²) in [6.45, 7) is 0. The number of aromatic nitrogens is 1. The van der Waals surface area contributed by atoms with Gasteiger partial charge in [-0.2, -0.15) is 0 Å². The van der Waals surface area contributed by atoms with E-state index in [2.05, 4.69) is 10.3 Å². The van der Waals surface area contributed by atoms with Gasteiger partial charge in [0.05, 0.1) is 17.5 Å². The van der Waals surface area contributed by atoms with Crippen molar-refractivity contribution >= 4 is 22.7 Å². The smallest absolute Gasteiger partial charge is 0.272 e. The maximum atomic E-state index is 11.9. The van der Waals surface area contributed by atoms with E-state index >= 15 is 0 Å². The Bertz CT molecular complexity index is 683. The molecule has 0 spiro atoms. The van der Waals surface area contributed by atoms with Gasteiger partial charge in [-0.25, -0.2) is 0 Å². The SMILES string of the molecule is O=C(Nc1ccccc1O)c1cc2occc2[nH]1. The van der Waals surface area contributed by atoms with E-state index in [0.717, 1.165) is 5.52 Å². The Morgan fingerprint density at radius 3 is 2.89 bits per heavy atom. The monoisotopic (exact) mass is 242 g/mol. The fraction of sp³-hybridized carbons (Fsp3) is 0. The highest BCUT2D eigenvalue weighted by molar-refractivity contribution is 6.05. The number of hydrogen-bond acceptors (Lipinski definition) is 3. The lowest BCUT2D eigenvalue weighted by atomic mass is 10.3. The number of phenolic OH excluding ortho intramolecular Hbond substituents is 1. The number of furan rings is 1. The van der Waals surface area contributed by atoms with Crippen LogP contribution in [-0.2, 0) is 0 Å². The number of carbonyl (C=O) groups excluding carboxylic acids is 1. The highest BCUT2D eigenvalue weighted by Gasteiger charge is 2.12.